The average Bonchev–Trinajstić information content (AvgIpc) is 2.75. The zero-order valence-electron chi connectivity index (χ0n) is 10.8. The lowest BCUT2D eigenvalue weighted by Gasteiger charge is -2.30. The summed E-state index contributed by atoms with van der Waals surface area (Å²) in [5.74, 6) is -0.308. The summed E-state index contributed by atoms with van der Waals surface area (Å²) < 4.78 is 0. The van der Waals surface area contributed by atoms with E-state index >= 15 is 0 Å². The maximum atomic E-state index is 12.4. The SMILES string of the molecule is [C-]#[N+]c1ccc2c(c1)CN(C1CCC(=C)NC1=O)C2=O. The van der Waals surface area contributed by atoms with Gasteiger partial charge in [0.1, 0.15) is 6.04 Å². The summed E-state index contributed by atoms with van der Waals surface area (Å²) in [6, 6.07) is 4.58. The predicted molar refractivity (Wildman–Crippen MR) is 72.9 cm³/mol. The van der Waals surface area contributed by atoms with Gasteiger partial charge in [0.15, 0.2) is 5.69 Å². The Morgan fingerprint density at radius 3 is 2.90 bits per heavy atom. The second kappa shape index (κ2) is 4.49. The maximum absolute atomic E-state index is 12.4. The minimum absolute atomic E-state index is 0.135. The van der Waals surface area contributed by atoms with Crippen molar-refractivity contribution in [2.45, 2.75) is 25.4 Å². The summed E-state index contributed by atoms with van der Waals surface area (Å²) in [7, 11) is 0. The Labute approximate surface area is 116 Å². The Balaban J connectivity index is 1.88. The van der Waals surface area contributed by atoms with Gasteiger partial charge in [-0.05, 0) is 18.4 Å². The Morgan fingerprint density at radius 1 is 1.40 bits per heavy atom. The van der Waals surface area contributed by atoms with Crippen LogP contribution >= 0.6 is 0 Å². The lowest BCUT2D eigenvalue weighted by Crippen LogP contribution is -2.49. The maximum Gasteiger partial charge on any atom is 0.255 e. The molecule has 0 saturated carbocycles. The summed E-state index contributed by atoms with van der Waals surface area (Å²) in [4.78, 5) is 29.3. The molecule has 5 nitrogen and oxygen atoms in total. The van der Waals surface area contributed by atoms with E-state index in [0.717, 1.165) is 5.56 Å². The van der Waals surface area contributed by atoms with Crippen LogP contribution in [0.3, 0.4) is 0 Å². The number of rotatable bonds is 1. The molecule has 20 heavy (non-hydrogen) atoms. The second-order valence-corrected chi connectivity index (χ2v) is 5.03. The number of fused-ring (bicyclic) bond motifs is 1. The first-order valence-electron chi connectivity index (χ1n) is 6.40. The number of benzene rings is 1. The third kappa shape index (κ3) is 1.86. The molecule has 3 rings (SSSR count). The van der Waals surface area contributed by atoms with Crippen molar-refractivity contribution in [2.24, 2.45) is 0 Å². The van der Waals surface area contributed by atoms with Crippen molar-refractivity contribution in [3.63, 3.8) is 0 Å². The minimum atomic E-state index is -0.447. The highest BCUT2D eigenvalue weighted by molar-refractivity contribution is 6.01. The Morgan fingerprint density at radius 2 is 2.20 bits per heavy atom. The van der Waals surface area contributed by atoms with Crippen LogP contribution in [0, 0.1) is 6.57 Å². The first-order valence-corrected chi connectivity index (χ1v) is 6.40. The largest absolute Gasteiger partial charge is 0.329 e. The molecule has 2 aliphatic heterocycles. The number of piperidine rings is 1. The highest BCUT2D eigenvalue weighted by Crippen LogP contribution is 2.30. The van der Waals surface area contributed by atoms with Gasteiger partial charge in [-0.25, -0.2) is 4.85 Å². The molecule has 0 radical (unpaired) electrons. The van der Waals surface area contributed by atoms with Crippen molar-refractivity contribution in [2.75, 3.05) is 0 Å². The van der Waals surface area contributed by atoms with Crippen LogP contribution in [0.5, 0.6) is 0 Å². The van der Waals surface area contributed by atoms with Gasteiger partial charge in [0, 0.05) is 17.8 Å². The van der Waals surface area contributed by atoms with Gasteiger partial charge in [-0.3, -0.25) is 9.59 Å². The third-order valence-electron chi connectivity index (χ3n) is 3.75. The second-order valence-electron chi connectivity index (χ2n) is 5.03. The number of carbonyl (C=O) groups is 2. The van der Waals surface area contributed by atoms with Crippen LogP contribution in [0.2, 0.25) is 0 Å². The molecule has 1 saturated heterocycles. The molecule has 0 spiro atoms. The molecule has 1 unspecified atom stereocenters. The number of allylic oxidation sites excluding steroid dienone is 1. The number of nitrogens with zero attached hydrogens (tertiary/aromatic N) is 2. The van der Waals surface area contributed by atoms with Crippen molar-refractivity contribution in [3.05, 3.63) is 53.0 Å². The van der Waals surface area contributed by atoms with E-state index in [0.29, 0.717) is 36.3 Å². The fourth-order valence-corrected chi connectivity index (χ4v) is 2.71. The van der Waals surface area contributed by atoms with Crippen LogP contribution in [0.1, 0.15) is 28.8 Å². The van der Waals surface area contributed by atoms with Gasteiger partial charge in [-0.2, -0.15) is 0 Å². The Bertz CT molecular complexity index is 672. The van der Waals surface area contributed by atoms with Crippen molar-refractivity contribution in [3.8, 4) is 0 Å². The van der Waals surface area contributed by atoms with Crippen LogP contribution < -0.4 is 5.32 Å². The van der Waals surface area contributed by atoms with Gasteiger partial charge in [-0.15, -0.1) is 0 Å². The van der Waals surface area contributed by atoms with Gasteiger partial charge >= 0.3 is 0 Å². The summed E-state index contributed by atoms with van der Waals surface area (Å²) in [5, 5.41) is 2.70. The number of hydrogen-bond donors (Lipinski definition) is 1. The van der Waals surface area contributed by atoms with E-state index in [1.807, 2.05) is 0 Å². The molecular formula is C15H13N3O2. The van der Waals surface area contributed by atoms with Gasteiger partial charge in [0.05, 0.1) is 6.57 Å². The molecule has 100 valence electrons. The number of hydrogen-bond acceptors (Lipinski definition) is 2. The van der Waals surface area contributed by atoms with Crippen molar-refractivity contribution >= 4 is 17.5 Å². The van der Waals surface area contributed by atoms with E-state index in [1.165, 1.54) is 0 Å². The number of nitrogens with one attached hydrogen (secondary N) is 1. The third-order valence-corrected chi connectivity index (χ3v) is 3.75. The van der Waals surface area contributed by atoms with Crippen LogP contribution in [-0.2, 0) is 11.3 Å². The summed E-state index contributed by atoms with van der Waals surface area (Å²) >= 11 is 0. The molecule has 1 aromatic rings. The lowest BCUT2D eigenvalue weighted by atomic mass is 10.0. The van der Waals surface area contributed by atoms with Gasteiger partial charge in [0.2, 0.25) is 5.91 Å². The summed E-state index contributed by atoms with van der Waals surface area (Å²) in [6.45, 7) is 11.1. The Kier molecular flexibility index (Phi) is 2.79. The fourth-order valence-electron chi connectivity index (χ4n) is 2.71. The van der Waals surface area contributed by atoms with Gasteiger partial charge in [-0.1, -0.05) is 24.8 Å². The molecule has 0 bridgehead atoms. The Hall–Kier alpha value is -2.61. The van der Waals surface area contributed by atoms with Crippen molar-refractivity contribution in [1.82, 2.24) is 10.2 Å². The van der Waals surface area contributed by atoms with Gasteiger partial charge < -0.3 is 10.2 Å². The van der Waals surface area contributed by atoms with E-state index in [4.69, 9.17) is 6.57 Å². The van der Waals surface area contributed by atoms with E-state index in [-0.39, 0.29) is 11.8 Å². The molecule has 2 aliphatic rings. The fraction of sp³-hybridized carbons (Fsp3) is 0.267. The quantitative estimate of drug-likeness (QED) is 0.791. The predicted octanol–water partition coefficient (Wildman–Crippen LogP) is 1.99. The highest BCUT2D eigenvalue weighted by atomic mass is 16.2. The summed E-state index contributed by atoms with van der Waals surface area (Å²) in [5.41, 5.74) is 2.63. The molecule has 2 amide bonds. The first-order chi connectivity index (χ1) is 9.60. The summed E-state index contributed by atoms with van der Waals surface area (Å²) in [6.07, 6.45) is 1.28. The van der Waals surface area contributed by atoms with Crippen molar-refractivity contribution in [1.29, 1.82) is 0 Å². The van der Waals surface area contributed by atoms with Crippen LogP contribution in [0.4, 0.5) is 5.69 Å². The topological polar surface area (TPSA) is 53.8 Å². The smallest absolute Gasteiger partial charge is 0.255 e. The van der Waals surface area contributed by atoms with E-state index in [9.17, 15) is 9.59 Å². The highest BCUT2D eigenvalue weighted by Gasteiger charge is 2.37. The molecular weight excluding hydrogens is 254 g/mol. The first kappa shape index (κ1) is 12.4. The lowest BCUT2D eigenvalue weighted by molar-refractivity contribution is -0.126. The molecule has 1 fully saturated rings. The molecule has 0 aliphatic carbocycles. The standard InChI is InChI=1S/C15H13N3O2/c1-9-3-6-13(14(19)17-9)18-8-10-7-11(16-2)4-5-12(10)15(18)20/h4-5,7,13H,1,3,6,8H2,(H,17,19). The van der Waals surface area contributed by atoms with Crippen LogP contribution in [-0.4, -0.2) is 22.8 Å². The average molecular weight is 267 g/mol. The molecule has 1 aromatic carbocycles. The molecule has 5 heteroatoms. The molecule has 2 heterocycles. The molecule has 1 N–H and O–H groups in total. The van der Waals surface area contributed by atoms with E-state index in [1.54, 1.807) is 23.1 Å². The van der Waals surface area contributed by atoms with Gasteiger partial charge in [0.25, 0.3) is 5.91 Å². The van der Waals surface area contributed by atoms with Crippen LogP contribution in [0.15, 0.2) is 30.5 Å². The zero-order valence-corrected chi connectivity index (χ0v) is 10.8. The van der Waals surface area contributed by atoms with E-state index in [2.05, 4.69) is 16.7 Å². The molecule has 0 aromatic heterocycles. The molecule has 1 atom stereocenters. The van der Waals surface area contributed by atoms with Crippen molar-refractivity contribution < 1.29 is 9.59 Å². The monoisotopic (exact) mass is 267 g/mol. The van der Waals surface area contributed by atoms with Crippen LogP contribution in [0.25, 0.3) is 4.85 Å². The minimum Gasteiger partial charge on any atom is -0.329 e. The number of amides is 2. The normalized spacial score (nSPS) is 21.4. The zero-order chi connectivity index (χ0) is 14.3. The number of carbonyl (C=O) groups excluding carboxylic acids is 2. The van der Waals surface area contributed by atoms with E-state index < -0.39 is 6.04 Å².